The van der Waals surface area contributed by atoms with Crippen molar-refractivity contribution in [1.29, 1.82) is 0 Å². The van der Waals surface area contributed by atoms with Crippen LogP contribution in [0.4, 0.5) is 0 Å². The lowest BCUT2D eigenvalue weighted by Gasteiger charge is -2.05. The van der Waals surface area contributed by atoms with Gasteiger partial charge in [-0.05, 0) is 38.8 Å². The van der Waals surface area contributed by atoms with Crippen molar-refractivity contribution in [3.05, 3.63) is 0 Å². The fourth-order valence-electron chi connectivity index (χ4n) is 1.73. The summed E-state index contributed by atoms with van der Waals surface area (Å²) in [6.45, 7) is 4.76. The third kappa shape index (κ3) is 15.8. The average Bonchev–Trinajstić information content (AvgIpc) is 2.39. The predicted octanol–water partition coefficient (Wildman–Crippen LogP) is 2.06. The molecule has 4 heteroatoms. The van der Waals surface area contributed by atoms with E-state index in [9.17, 15) is 0 Å². The summed E-state index contributed by atoms with van der Waals surface area (Å²) in [7, 11) is 0. The summed E-state index contributed by atoms with van der Waals surface area (Å²) in [5.74, 6) is 0. The van der Waals surface area contributed by atoms with Gasteiger partial charge in [0.2, 0.25) is 0 Å². The molecule has 0 aromatic heterocycles. The highest BCUT2D eigenvalue weighted by Gasteiger charge is 1.92. The first kappa shape index (κ1) is 17.8. The number of rotatable bonds is 15. The van der Waals surface area contributed by atoms with Gasteiger partial charge < -0.3 is 20.9 Å². The monoisotopic (exact) mass is 260 g/mol. The van der Waals surface area contributed by atoms with Gasteiger partial charge in [-0.15, -0.1) is 0 Å². The number of hydrogen-bond donors (Lipinski definition) is 2. The van der Waals surface area contributed by atoms with Gasteiger partial charge in [-0.25, -0.2) is 0 Å². The Labute approximate surface area is 112 Å². The zero-order chi connectivity index (χ0) is 13.3. The van der Waals surface area contributed by atoms with Gasteiger partial charge >= 0.3 is 0 Å². The molecule has 0 aliphatic heterocycles. The Kier molecular flexibility index (Phi) is 16.7. The van der Waals surface area contributed by atoms with Crippen LogP contribution in [-0.2, 0) is 9.47 Å². The van der Waals surface area contributed by atoms with Crippen LogP contribution in [0.2, 0.25) is 0 Å². The van der Waals surface area contributed by atoms with Crippen molar-refractivity contribution in [2.75, 3.05) is 39.5 Å². The van der Waals surface area contributed by atoms with Crippen LogP contribution < -0.4 is 11.5 Å². The topological polar surface area (TPSA) is 70.5 Å². The highest BCUT2D eigenvalue weighted by molar-refractivity contribution is 4.44. The van der Waals surface area contributed by atoms with Crippen LogP contribution in [0.3, 0.4) is 0 Å². The Morgan fingerprint density at radius 2 is 0.833 bits per heavy atom. The van der Waals surface area contributed by atoms with Gasteiger partial charge in [0.25, 0.3) is 0 Å². The molecule has 0 aromatic carbocycles. The molecule has 0 bridgehead atoms. The van der Waals surface area contributed by atoms with Gasteiger partial charge in [0.15, 0.2) is 0 Å². The fourth-order valence-corrected chi connectivity index (χ4v) is 1.73. The van der Waals surface area contributed by atoms with Crippen molar-refractivity contribution in [3.63, 3.8) is 0 Å². The average molecular weight is 260 g/mol. The molecule has 4 N–H and O–H groups in total. The van der Waals surface area contributed by atoms with Gasteiger partial charge in [-0.2, -0.15) is 0 Å². The standard InChI is InChI=1S/C14H32N2O2/c15-9-5-1-3-7-11-17-13-14-18-12-8-4-2-6-10-16/h1-16H2. The molecule has 0 aliphatic carbocycles. The number of hydrogen-bond acceptors (Lipinski definition) is 4. The number of unbranched alkanes of at least 4 members (excludes halogenated alkanes) is 6. The molecule has 0 aromatic rings. The minimum Gasteiger partial charge on any atom is -0.379 e. The Bertz CT molecular complexity index is 130. The van der Waals surface area contributed by atoms with Gasteiger partial charge in [0.05, 0.1) is 13.2 Å². The van der Waals surface area contributed by atoms with Gasteiger partial charge in [0.1, 0.15) is 0 Å². The largest absolute Gasteiger partial charge is 0.379 e. The quantitative estimate of drug-likeness (QED) is 0.442. The summed E-state index contributed by atoms with van der Waals surface area (Å²) >= 11 is 0. The molecular weight excluding hydrogens is 228 g/mol. The zero-order valence-corrected chi connectivity index (χ0v) is 11.9. The normalized spacial score (nSPS) is 11.0. The van der Waals surface area contributed by atoms with Crippen molar-refractivity contribution in [2.45, 2.75) is 51.4 Å². The summed E-state index contributed by atoms with van der Waals surface area (Å²) < 4.78 is 11.0. The third-order valence-electron chi connectivity index (χ3n) is 2.86. The molecule has 0 amide bonds. The van der Waals surface area contributed by atoms with Crippen LogP contribution in [-0.4, -0.2) is 39.5 Å². The van der Waals surface area contributed by atoms with Crippen LogP contribution in [0.15, 0.2) is 0 Å². The molecule has 4 nitrogen and oxygen atoms in total. The van der Waals surface area contributed by atoms with Gasteiger partial charge in [0, 0.05) is 13.2 Å². The van der Waals surface area contributed by atoms with E-state index >= 15 is 0 Å². The maximum Gasteiger partial charge on any atom is 0.0700 e. The van der Waals surface area contributed by atoms with E-state index in [-0.39, 0.29) is 0 Å². The summed E-state index contributed by atoms with van der Waals surface area (Å²) in [6, 6.07) is 0. The lowest BCUT2D eigenvalue weighted by molar-refractivity contribution is 0.0449. The van der Waals surface area contributed by atoms with E-state index in [2.05, 4.69) is 0 Å². The number of nitrogens with two attached hydrogens (primary N) is 2. The molecule has 0 rings (SSSR count). The zero-order valence-electron chi connectivity index (χ0n) is 11.9. The smallest absolute Gasteiger partial charge is 0.0700 e. The van der Waals surface area contributed by atoms with Crippen molar-refractivity contribution in [1.82, 2.24) is 0 Å². The van der Waals surface area contributed by atoms with E-state index in [1.165, 1.54) is 25.7 Å². The maximum absolute atomic E-state index is 5.49. The van der Waals surface area contributed by atoms with Crippen molar-refractivity contribution < 1.29 is 9.47 Å². The minimum absolute atomic E-state index is 0.722. The second-order valence-electron chi connectivity index (χ2n) is 4.63. The number of ether oxygens (including phenoxy) is 2. The van der Waals surface area contributed by atoms with E-state index in [1.807, 2.05) is 0 Å². The molecule has 0 aliphatic rings. The van der Waals surface area contributed by atoms with Crippen molar-refractivity contribution in [3.8, 4) is 0 Å². The molecular formula is C14H32N2O2. The molecule has 0 saturated heterocycles. The highest BCUT2D eigenvalue weighted by atomic mass is 16.5. The Morgan fingerprint density at radius 1 is 0.444 bits per heavy atom. The van der Waals surface area contributed by atoms with Crippen LogP contribution in [0.5, 0.6) is 0 Å². The first-order chi connectivity index (χ1) is 8.91. The maximum atomic E-state index is 5.49. The van der Waals surface area contributed by atoms with Gasteiger partial charge in [-0.1, -0.05) is 25.7 Å². The predicted molar refractivity (Wildman–Crippen MR) is 76.7 cm³/mol. The van der Waals surface area contributed by atoms with Crippen LogP contribution in [0.25, 0.3) is 0 Å². The Hall–Kier alpha value is -0.160. The molecule has 0 heterocycles. The van der Waals surface area contributed by atoms with E-state index in [0.717, 1.165) is 65.2 Å². The summed E-state index contributed by atoms with van der Waals surface area (Å²) in [5.41, 5.74) is 10.8. The molecule has 0 fully saturated rings. The lowest BCUT2D eigenvalue weighted by atomic mass is 10.2. The fraction of sp³-hybridized carbons (Fsp3) is 1.00. The van der Waals surface area contributed by atoms with E-state index in [0.29, 0.717) is 0 Å². The van der Waals surface area contributed by atoms with Crippen LogP contribution >= 0.6 is 0 Å². The molecule has 0 radical (unpaired) electrons. The minimum atomic E-state index is 0.722. The van der Waals surface area contributed by atoms with E-state index in [1.54, 1.807) is 0 Å². The third-order valence-corrected chi connectivity index (χ3v) is 2.86. The molecule has 0 saturated carbocycles. The lowest BCUT2D eigenvalue weighted by Crippen LogP contribution is -2.06. The highest BCUT2D eigenvalue weighted by Crippen LogP contribution is 2.00. The first-order valence-electron chi connectivity index (χ1n) is 7.47. The second-order valence-corrected chi connectivity index (χ2v) is 4.63. The van der Waals surface area contributed by atoms with Gasteiger partial charge in [-0.3, -0.25) is 0 Å². The SMILES string of the molecule is NCCCCCCOCCOCCCCCCN. The molecule has 0 unspecified atom stereocenters. The summed E-state index contributed by atoms with van der Waals surface area (Å²) in [6.07, 6.45) is 9.43. The van der Waals surface area contributed by atoms with Crippen molar-refractivity contribution >= 4 is 0 Å². The first-order valence-corrected chi connectivity index (χ1v) is 7.47. The Morgan fingerprint density at radius 3 is 1.22 bits per heavy atom. The second kappa shape index (κ2) is 16.8. The molecule has 0 atom stereocenters. The van der Waals surface area contributed by atoms with Crippen LogP contribution in [0, 0.1) is 0 Å². The molecule has 0 spiro atoms. The molecule has 18 heavy (non-hydrogen) atoms. The van der Waals surface area contributed by atoms with E-state index in [4.69, 9.17) is 20.9 Å². The molecule has 110 valence electrons. The summed E-state index contributed by atoms with van der Waals surface area (Å²) in [4.78, 5) is 0. The van der Waals surface area contributed by atoms with Crippen LogP contribution in [0.1, 0.15) is 51.4 Å². The van der Waals surface area contributed by atoms with E-state index < -0.39 is 0 Å². The van der Waals surface area contributed by atoms with Crippen molar-refractivity contribution in [2.24, 2.45) is 11.5 Å². The summed E-state index contributed by atoms with van der Waals surface area (Å²) in [5, 5.41) is 0. The Balaban J connectivity index is 2.86.